The molecule has 0 unspecified atom stereocenters. The predicted octanol–water partition coefficient (Wildman–Crippen LogP) is 3.32. The Bertz CT molecular complexity index is 1550. The molecule has 11 nitrogen and oxygen atoms in total. The van der Waals surface area contributed by atoms with Gasteiger partial charge in [0.2, 0.25) is 17.7 Å². The normalized spacial score (nSPS) is 24.1. The third-order valence-electron chi connectivity index (χ3n) is 10.6. The Morgan fingerprint density at radius 1 is 0.915 bits per heavy atom. The first-order chi connectivity index (χ1) is 22.9. The van der Waals surface area contributed by atoms with E-state index in [0.29, 0.717) is 31.4 Å². The molecule has 1 N–H and O–H groups in total. The van der Waals surface area contributed by atoms with Gasteiger partial charge in [0.05, 0.1) is 35.9 Å². The number of thiazole rings is 1. The van der Waals surface area contributed by atoms with Gasteiger partial charge in [0.15, 0.2) is 0 Å². The minimum Gasteiger partial charge on any atom is -0.342 e. The highest BCUT2D eigenvalue weighted by Crippen LogP contribution is 2.34. The molecule has 250 valence electrons. The van der Waals surface area contributed by atoms with Gasteiger partial charge in [0, 0.05) is 61.7 Å². The number of hydrogen-bond donors (Lipinski definition) is 1. The van der Waals surface area contributed by atoms with E-state index in [1.807, 2.05) is 48.4 Å². The van der Waals surface area contributed by atoms with Gasteiger partial charge in [-0.3, -0.25) is 14.4 Å². The average molecular weight is 659 g/mol. The number of nitrogens with one attached hydrogen (secondary N) is 1. The van der Waals surface area contributed by atoms with Gasteiger partial charge in [-0.05, 0) is 51.0 Å². The second kappa shape index (κ2) is 14.2. The van der Waals surface area contributed by atoms with Crippen molar-refractivity contribution in [2.45, 2.75) is 102 Å². The number of aryl methyl sites for hydroxylation is 1. The van der Waals surface area contributed by atoms with E-state index in [4.69, 9.17) is 4.98 Å². The lowest BCUT2D eigenvalue weighted by atomic mass is 9.96. The molecule has 12 heteroatoms. The highest BCUT2D eigenvalue weighted by Gasteiger charge is 2.36. The molecular formula is C35H46N8O3S. The van der Waals surface area contributed by atoms with E-state index in [9.17, 15) is 14.4 Å². The van der Waals surface area contributed by atoms with Crippen LogP contribution in [0.4, 0.5) is 0 Å². The molecule has 1 atom stereocenters. The summed E-state index contributed by atoms with van der Waals surface area (Å²) in [5, 5.41) is 12.8. The van der Waals surface area contributed by atoms with Crippen LogP contribution in [0.2, 0.25) is 0 Å². The highest BCUT2D eigenvalue weighted by atomic mass is 32.1. The van der Waals surface area contributed by atoms with E-state index in [0.717, 1.165) is 59.9 Å². The lowest BCUT2D eigenvalue weighted by Gasteiger charge is -2.40. The molecule has 3 amide bonds. The van der Waals surface area contributed by atoms with Crippen LogP contribution in [0.1, 0.15) is 84.1 Å². The minimum absolute atomic E-state index is 0.0213. The molecule has 3 fully saturated rings. The third kappa shape index (κ3) is 7.43. The summed E-state index contributed by atoms with van der Waals surface area (Å²) in [6.45, 7) is 5.64. The summed E-state index contributed by atoms with van der Waals surface area (Å²) in [5.74, 6) is -0.220. The maximum absolute atomic E-state index is 14.0. The van der Waals surface area contributed by atoms with Crippen molar-refractivity contribution in [1.29, 1.82) is 0 Å². The molecule has 1 aliphatic carbocycles. The second-order valence-corrected chi connectivity index (χ2v) is 15.0. The Kier molecular flexibility index (Phi) is 9.67. The number of aromatic nitrogens is 4. The summed E-state index contributed by atoms with van der Waals surface area (Å²) in [5.41, 5.74) is 2.57. The number of hydrogen-bond acceptors (Lipinski definition) is 8. The second-order valence-electron chi connectivity index (χ2n) is 13.8. The van der Waals surface area contributed by atoms with Crippen molar-refractivity contribution in [3.05, 3.63) is 63.4 Å². The Labute approximate surface area is 280 Å². The topological polar surface area (TPSA) is 117 Å². The van der Waals surface area contributed by atoms with E-state index >= 15 is 0 Å². The highest BCUT2D eigenvalue weighted by molar-refractivity contribution is 7.11. The summed E-state index contributed by atoms with van der Waals surface area (Å²) in [6, 6.07) is 9.86. The number of likely N-dealkylation sites (tertiary alicyclic amines) is 1. The van der Waals surface area contributed by atoms with Crippen LogP contribution in [0.15, 0.2) is 36.5 Å². The standard InChI is InChI=1S/C35H46N8O3S/c1-24-30-20-33(45)43(29-13-17-40(18-14-29)28-9-5-6-10-28)23-32(44)36-31(35(46)41-15-11-26(12-16-41)34(37-30)47-24)19-27-22-42(39-38-27)21-25-7-3-2-4-8-25/h2-4,7-8,22,26,28-29,31H,5-6,9-21,23H2,1H3,(H,36,44)/t31-/m1/s1. The van der Waals surface area contributed by atoms with E-state index in [2.05, 4.69) is 20.5 Å². The zero-order valence-electron chi connectivity index (χ0n) is 27.4. The zero-order valence-corrected chi connectivity index (χ0v) is 28.2. The molecule has 4 aliphatic heterocycles. The molecule has 8 rings (SSSR count). The van der Waals surface area contributed by atoms with Crippen molar-refractivity contribution < 1.29 is 14.4 Å². The number of amides is 3. The summed E-state index contributed by atoms with van der Waals surface area (Å²) in [7, 11) is 0. The average Bonchev–Trinajstić information content (AvgIpc) is 3.86. The first-order valence-corrected chi connectivity index (χ1v) is 18.2. The van der Waals surface area contributed by atoms with Gasteiger partial charge in [-0.25, -0.2) is 9.67 Å². The maximum Gasteiger partial charge on any atom is 0.245 e. The van der Waals surface area contributed by atoms with E-state index in [1.54, 1.807) is 20.9 Å². The maximum atomic E-state index is 14.0. The summed E-state index contributed by atoms with van der Waals surface area (Å²) >= 11 is 1.68. The number of fused-ring (bicyclic) bond motifs is 9. The largest absolute Gasteiger partial charge is 0.342 e. The van der Waals surface area contributed by atoms with Crippen LogP contribution in [-0.4, -0.2) is 103 Å². The summed E-state index contributed by atoms with van der Waals surface area (Å²) in [4.78, 5) is 54.2. The van der Waals surface area contributed by atoms with E-state index < -0.39 is 6.04 Å². The van der Waals surface area contributed by atoms with Gasteiger partial charge < -0.3 is 20.0 Å². The van der Waals surface area contributed by atoms with Crippen LogP contribution in [0.5, 0.6) is 0 Å². The Hall–Kier alpha value is -3.64. The summed E-state index contributed by atoms with van der Waals surface area (Å²) in [6.07, 6.45) is 10.7. The van der Waals surface area contributed by atoms with Crippen molar-refractivity contribution in [2.75, 3.05) is 32.7 Å². The molecule has 47 heavy (non-hydrogen) atoms. The first-order valence-electron chi connectivity index (χ1n) is 17.4. The predicted molar refractivity (Wildman–Crippen MR) is 179 cm³/mol. The van der Waals surface area contributed by atoms with E-state index in [-0.39, 0.29) is 49.1 Å². The Balaban J connectivity index is 1.12. The van der Waals surface area contributed by atoms with Crippen LogP contribution >= 0.6 is 11.3 Å². The smallest absolute Gasteiger partial charge is 0.245 e. The SMILES string of the molecule is Cc1sc2nc1CC(=O)N(C1CCN(C3CCCC3)CC1)CC(=O)N[C@H](Cc1cn(Cc3ccccc3)nn1)C(=O)N1CCC2CC1. The molecular weight excluding hydrogens is 613 g/mol. The quantitative estimate of drug-likeness (QED) is 0.432. The molecule has 4 bridgehead atoms. The number of piperidine rings is 2. The number of carbonyl (C=O) groups is 3. The number of benzene rings is 1. The van der Waals surface area contributed by atoms with Gasteiger partial charge in [0.1, 0.15) is 6.04 Å². The molecule has 0 spiro atoms. The van der Waals surface area contributed by atoms with Crippen molar-refractivity contribution in [2.24, 2.45) is 0 Å². The molecule has 1 aromatic carbocycles. The molecule has 0 radical (unpaired) electrons. The van der Waals surface area contributed by atoms with Crippen LogP contribution in [0, 0.1) is 6.92 Å². The van der Waals surface area contributed by atoms with Crippen molar-refractivity contribution >= 4 is 29.1 Å². The number of carbonyl (C=O) groups excluding carboxylic acids is 3. The lowest BCUT2D eigenvalue weighted by Crippen LogP contribution is -2.56. The Morgan fingerprint density at radius 2 is 1.66 bits per heavy atom. The first kappa shape index (κ1) is 31.9. The monoisotopic (exact) mass is 658 g/mol. The zero-order chi connectivity index (χ0) is 32.3. The fraction of sp³-hybridized carbons (Fsp3) is 0.600. The molecule has 2 saturated heterocycles. The van der Waals surface area contributed by atoms with Crippen molar-refractivity contribution in [3.8, 4) is 0 Å². The van der Waals surface area contributed by atoms with Crippen molar-refractivity contribution in [3.63, 3.8) is 0 Å². The molecule has 1 saturated carbocycles. The fourth-order valence-electron chi connectivity index (χ4n) is 7.94. The molecule has 5 aliphatic rings. The lowest BCUT2D eigenvalue weighted by molar-refractivity contribution is -0.141. The van der Waals surface area contributed by atoms with E-state index in [1.165, 1.54) is 25.7 Å². The van der Waals surface area contributed by atoms with Crippen molar-refractivity contribution in [1.82, 2.24) is 40.0 Å². The fourth-order valence-corrected chi connectivity index (χ4v) is 9.05. The van der Waals surface area contributed by atoms with Gasteiger partial charge in [-0.1, -0.05) is 48.4 Å². The Morgan fingerprint density at radius 3 is 2.40 bits per heavy atom. The number of rotatable bonds is 6. The van der Waals surface area contributed by atoms with Gasteiger partial charge in [-0.15, -0.1) is 16.4 Å². The van der Waals surface area contributed by atoms with Crippen LogP contribution in [0.3, 0.4) is 0 Å². The van der Waals surface area contributed by atoms with Crippen LogP contribution < -0.4 is 5.32 Å². The molecule has 6 heterocycles. The number of nitrogens with zero attached hydrogens (tertiary/aromatic N) is 7. The molecule has 2 aromatic heterocycles. The van der Waals surface area contributed by atoms with Gasteiger partial charge in [-0.2, -0.15) is 0 Å². The van der Waals surface area contributed by atoms with Crippen LogP contribution in [-0.2, 0) is 33.8 Å². The summed E-state index contributed by atoms with van der Waals surface area (Å²) < 4.78 is 1.76. The minimum atomic E-state index is -0.791. The van der Waals surface area contributed by atoms with Gasteiger partial charge in [0.25, 0.3) is 0 Å². The molecule has 3 aromatic rings. The van der Waals surface area contributed by atoms with Crippen LogP contribution in [0.25, 0.3) is 0 Å². The van der Waals surface area contributed by atoms with Gasteiger partial charge >= 0.3 is 0 Å². The third-order valence-corrected chi connectivity index (χ3v) is 11.8.